The number of ether oxygens (including phenoxy) is 2. The molecule has 8 heteroatoms. The van der Waals surface area contributed by atoms with Gasteiger partial charge in [0.25, 0.3) is 5.91 Å². The summed E-state index contributed by atoms with van der Waals surface area (Å²) in [4.78, 5) is 34.5. The Hall–Kier alpha value is -2.51. The first-order chi connectivity index (χ1) is 9.88. The standard InChI is InChI=1S/C13H13F2NO5/c1-20-11(17)6-10(13(19)21-2)16-12(18)7-3-4-8(14)9(15)5-7/h3-5,10H,6H2,1-2H3,(H,16,18)/t10-/m0/s1. The first kappa shape index (κ1) is 16.5. The predicted molar refractivity (Wildman–Crippen MR) is 66.3 cm³/mol. The molecule has 1 N–H and O–H groups in total. The molecule has 0 heterocycles. The Balaban J connectivity index is 2.86. The number of benzene rings is 1. The largest absolute Gasteiger partial charge is 0.469 e. The van der Waals surface area contributed by atoms with Gasteiger partial charge in [-0.2, -0.15) is 0 Å². The average molecular weight is 301 g/mol. The van der Waals surface area contributed by atoms with Gasteiger partial charge in [-0.25, -0.2) is 13.6 Å². The van der Waals surface area contributed by atoms with E-state index in [0.29, 0.717) is 6.07 Å². The maximum Gasteiger partial charge on any atom is 0.328 e. The fourth-order valence-electron chi connectivity index (χ4n) is 1.46. The topological polar surface area (TPSA) is 81.7 Å². The summed E-state index contributed by atoms with van der Waals surface area (Å²) in [5, 5.41) is 2.19. The molecule has 21 heavy (non-hydrogen) atoms. The number of esters is 2. The first-order valence-electron chi connectivity index (χ1n) is 5.79. The highest BCUT2D eigenvalue weighted by atomic mass is 19.2. The number of methoxy groups -OCH3 is 2. The maximum atomic E-state index is 13.0. The third-order valence-corrected chi connectivity index (χ3v) is 2.57. The van der Waals surface area contributed by atoms with Gasteiger partial charge in [0.05, 0.1) is 20.6 Å². The molecule has 0 saturated carbocycles. The Morgan fingerprint density at radius 1 is 1.14 bits per heavy atom. The van der Waals surface area contributed by atoms with Crippen LogP contribution in [-0.2, 0) is 19.1 Å². The summed E-state index contributed by atoms with van der Waals surface area (Å²) in [6.07, 6.45) is -0.446. The number of carbonyl (C=O) groups is 3. The Kier molecular flexibility index (Phi) is 5.77. The van der Waals surface area contributed by atoms with Crippen LogP contribution in [0.15, 0.2) is 18.2 Å². The average Bonchev–Trinajstić information content (AvgIpc) is 2.48. The molecule has 0 spiro atoms. The van der Waals surface area contributed by atoms with Crippen molar-refractivity contribution < 1.29 is 32.6 Å². The summed E-state index contributed by atoms with van der Waals surface area (Å²) < 4.78 is 34.7. The van der Waals surface area contributed by atoms with Crippen LogP contribution in [0.1, 0.15) is 16.8 Å². The first-order valence-corrected chi connectivity index (χ1v) is 5.79. The number of nitrogens with one attached hydrogen (secondary N) is 1. The molecule has 1 amide bonds. The molecule has 0 radical (unpaired) electrons. The molecular formula is C13H13F2NO5. The molecule has 0 aliphatic carbocycles. The molecule has 1 rings (SSSR count). The van der Waals surface area contributed by atoms with Crippen LogP contribution in [0.3, 0.4) is 0 Å². The quantitative estimate of drug-likeness (QED) is 0.814. The molecule has 1 aromatic carbocycles. The van der Waals surface area contributed by atoms with E-state index in [-0.39, 0.29) is 5.56 Å². The molecule has 0 fully saturated rings. The number of carbonyl (C=O) groups excluding carboxylic acids is 3. The third-order valence-electron chi connectivity index (χ3n) is 2.57. The summed E-state index contributed by atoms with van der Waals surface area (Å²) in [6.45, 7) is 0. The van der Waals surface area contributed by atoms with Crippen molar-refractivity contribution in [3.05, 3.63) is 35.4 Å². The summed E-state index contributed by atoms with van der Waals surface area (Å²) in [7, 11) is 2.20. The van der Waals surface area contributed by atoms with E-state index in [9.17, 15) is 23.2 Å². The van der Waals surface area contributed by atoms with Crippen LogP contribution in [0.25, 0.3) is 0 Å². The third kappa shape index (κ3) is 4.51. The molecule has 0 aliphatic rings. The van der Waals surface area contributed by atoms with Crippen LogP contribution in [0.5, 0.6) is 0 Å². The minimum absolute atomic E-state index is 0.201. The van der Waals surface area contributed by atoms with Gasteiger partial charge >= 0.3 is 11.9 Å². The second-order valence-corrected chi connectivity index (χ2v) is 3.96. The predicted octanol–water partition coefficient (Wildman–Crippen LogP) is 0.799. The maximum absolute atomic E-state index is 13.0. The minimum Gasteiger partial charge on any atom is -0.469 e. The molecule has 0 aromatic heterocycles. The summed E-state index contributed by atoms with van der Waals surface area (Å²) in [5.74, 6) is -4.77. The van der Waals surface area contributed by atoms with E-state index < -0.39 is 41.9 Å². The van der Waals surface area contributed by atoms with E-state index in [1.165, 1.54) is 0 Å². The minimum atomic E-state index is -1.29. The zero-order chi connectivity index (χ0) is 16.0. The van der Waals surface area contributed by atoms with Gasteiger partial charge in [-0.15, -0.1) is 0 Å². The van der Waals surface area contributed by atoms with Crippen molar-refractivity contribution in [3.63, 3.8) is 0 Å². The van der Waals surface area contributed by atoms with Gasteiger partial charge in [-0.3, -0.25) is 9.59 Å². The number of amides is 1. The Morgan fingerprint density at radius 3 is 2.33 bits per heavy atom. The van der Waals surface area contributed by atoms with Gasteiger partial charge in [0.1, 0.15) is 6.04 Å². The molecule has 1 atom stereocenters. The normalized spacial score (nSPS) is 11.4. The van der Waals surface area contributed by atoms with Crippen LogP contribution in [0, 0.1) is 11.6 Å². The van der Waals surface area contributed by atoms with Crippen molar-refractivity contribution in [2.75, 3.05) is 14.2 Å². The second kappa shape index (κ2) is 7.32. The van der Waals surface area contributed by atoms with Crippen molar-refractivity contribution >= 4 is 17.8 Å². The zero-order valence-corrected chi connectivity index (χ0v) is 11.3. The highest BCUT2D eigenvalue weighted by Gasteiger charge is 2.25. The van der Waals surface area contributed by atoms with E-state index in [0.717, 1.165) is 26.4 Å². The van der Waals surface area contributed by atoms with Gasteiger partial charge in [-0.1, -0.05) is 0 Å². The van der Waals surface area contributed by atoms with Crippen molar-refractivity contribution in [1.29, 1.82) is 0 Å². The van der Waals surface area contributed by atoms with E-state index in [4.69, 9.17) is 0 Å². The van der Waals surface area contributed by atoms with Gasteiger partial charge in [0.2, 0.25) is 0 Å². The molecular weight excluding hydrogens is 288 g/mol. The van der Waals surface area contributed by atoms with E-state index >= 15 is 0 Å². The lowest BCUT2D eigenvalue weighted by Gasteiger charge is -2.15. The Labute approximate surface area is 119 Å². The Bertz CT molecular complexity index is 561. The molecule has 6 nitrogen and oxygen atoms in total. The number of hydrogen-bond acceptors (Lipinski definition) is 5. The van der Waals surface area contributed by atoms with Crippen LogP contribution in [-0.4, -0.2) is 38.1 Å². The molecule has 0 aliphatic heterocycles. The molecule has 0 saturated heterocycles. The summed E-state index contributed by atoms with van der Waals surface area (Å²) in [5.41, 5.74) is -0.201. The van der Waals surface area contributed by atoms with Gasteiger partial charge in [0, 0.05) is 5.56 Å². The van der Waals surface area contributed by atoms with Crippen LogP contribution < -0.4 is 5.32 Å². The molecule has 1 aromatic rings. The van der Waals surface area contributed by atoms with Crippen LogP contribution >= 0.6 is 0 Å². The molecule has 114 valence electrons. The lowest BCUT2D eigenvalue weighted by molar-refractivity contribution is -0.149. The van der Waals surface area contributed by atoms with Gasteiger partial charge in [0.15, 0.2) is 11.6 Å². The lowest BCUT2D eigenvalue weighted by atomic mass is 10.1. The van der Waals surface area contributed by atoms with E-state index in [1.807, 2.05) is 0 Å². The number of halogens is 2. The van der Waals surface area contributed by atoms with Crippen LogP contribution in [0.2, 0.25) is 0 Å². The van der Waals surface area contributed by atoms with E-state index in [1.54, 1.807) is 0 Å². The lowest BCUT2D eigenvalue weighted by Crippen LogP contribution is -2.43. The molecule has 0 bridgehead atoms. The highest BCUT2D eigenvalue weighted by molar-refractivity contribution is 5.97. The van der Waals surface area contributed by atoms with Crippen LogP contribution in [0.4, 0.5) is 8.78 Å². The summed E-state index contributed by atoms with van der Waals surface area (Å²) in [6, 6.07) is 1.21. The zero-order valence-electron chi connectivity index (χ0n) is 11.3. The van der Waals surface area contributed by atoms with Crippen molar-refractivity contribution in [1.82, 2.24) is 5.32 Å². The smallest absolute Gasteiger partial charge is 0.328 e. The second-order valence-electron chi connectivity index (χ2n) is 3.96. The molecule has 0 unspecified atom stereocenters. The van der Waals surface area contributed by atoms with Crippen molar-refractivity contribution in [3.8, 4) is 0 Å². The van der Waals surface area contributed by atoms with Gasteiger partial charge < -0.3 is 14.8 Å². The fourth-order valence-corrected chi connectivity index (χ4v) is 1.46. The van der Waals surface area contributed by atoms with Gasteiger partial charge in [-0.05, 0) is 18.2 Å². The monoisotopic (exact) mass is 301 g/mol. The van der Waals surface area contributed by atoms with Crippen molar-refractivity contribution in [2.24, 2.45) is 0 Å². The Morgan fingerprint density at radius 2 is 1.81 bits per heavy atom. The highest BCUT2D eigenvalue weighted by Crippen LogP contribution is 2.09. The van der Waals surface area contributed by atoms with E-state index in [2.05, 4.69) is 14.8 Å². The fraction of sp³-hybridized carbons (Fsp3) is 0.308. The summed E-state index contributed by atoms with van der Waals surface area (Å²) >= 11 is 0. The van der Waals surface area contributed by atoms with Crippen molar-refractivity contribution in [2.45, 2.75) is 12.5 Å². The SMILES string of the molecule is COC(=O)C[C@H](NC(=O)c1ccc(F)c(F)c1)C(=O)OC. The number of hydrogen-bond donors (Lipinski definition) is 1. The number of rotatable bonds is 5.